The second-order valence-corrected chi connectivity index (χ2v) is 4.74. The molecule has 0 aliphatic heterocycles. The molecule has 2 N–H and O–H groups in total. The minimum Gasteiger partial charge on any atom is -0.399 e. The van der Waals surface area contributed by atoms with Crippen LogP contribution in [0, 0.1) is 11.3 Å². The molecular formula is C17H17N3O. The van der Waals surface area contributed by atoms with Gasteiger partial charge in [0.2, 0.25) is 0 Å². The van der Waals surface area contributed by atoms with Crippen molar-refractivity contribution in [3.8, 4) is 6.07 Å². The van der Waals surface area contributed by atoms with Gasteiger partial charge in [0.15, 0.2) is 0 Å². The van der Waals surface area contributed by atoms with Crippen LogP contribution in [-0.2, 0) is 0 Å². The highest BCUT2D eigenvalue weighted by atomic mass is 16.2. The highest BCUT2D eigenvalue weighted by Gasteiger charge is 2.17. The molecule has 21 heavy (non-hydrogen) atoms. The molecule has 0 aromatic heterocycles. The second kappa shape index (κ2) is 6.58. The number of nitriles is 1. The van der Waals surface area contributed by atoms with Crippen molar-refractivity contribution in [1.29, 1.82) is 5.26 Å². The molecule has 106 valence electrons. The van der Waals surface area contributed by atoms with Gasteiger partial charge < -0.3 is 10.6 Å². The maximum absolute atomic E-state index is 12.7. The number of amides is 1. The zero-order valence-electron chi connectivity index (χ0n) is 11.9. The van der Waals surface area contributed by atoms with Gasteiger partial charge >= 0.3 is 0 Å². The molecule has 0 saturated heterocycles. The van der Waals surface area contributed by atoms with E-state index in [0.29, 0.717) is 23.4 Å². The summed E-state index contributed by atoms with van der Waals surface area (Å²) in [5.41, 5.74) is 8.15. The van der Waals surface area contributed by atoms with E-state index in [0.717, 1.165) is 12.1 Å². The van der Waals surface area contributed by atoms with Gasteiger partial charge in [0.1, 0.15) is 0 Å². The lowest BCUT2D eigenvalue weighted by atomic mass is 10.1. The lowest BCUT2D eigenvalue weighted by Crippen LogP contribution is -2.31. The lowest BCUT2D eigenvalue weighted by Gasteiger charge is -2.22. The Hall–Kier alpha value is -2.80. The van der Waals surface area contributed by atoms with E-state index in [9.17, 15) is 4.79 Å². The molecule has 4 nitrogen and oxygen atoms in total. The number of hydrogen-bond donors (Lipinski definition) is 1. The van der Waals surface area contributed by atoms with E-state index in [1.807, 2.05) is 19.1 Å². The minimum atomic E-state index is -0.112. The van der Waals surface area contributed by atoms with Crippen molar-refractivity contribution in [2.45, 2.75) is 13.3 Å². The van der Waals surface area contributed by atoms with Gasteiger partial charge in [-0.15, -0.1) is 0 Å². The number of rotatable bonds is 4. The third-order valence-corrected chi connectivity index (χ3v) is 3.14. The molecule has 0 heterocycles. The van der Waals surface area contributed by atoms with Crippen LogP contribution in [0.1, 0.15) is 29.3 Å². The molecule has 0 aliphatic rings. The molecule has 1 amide bonds. The Morgan fingerprint density at radius 1 is 1.24 bits per heavy atom. The van der Waals surface area contributed by atoms with E-state index in [4.69, 9.17) is 11.0 Å². The minimum absolute atomic E-state index is 0.112. The van der Waals surface area contributed by atoms with E-state index in [2.05, 4.69) is 6.07 Å². The van der Waals surface area contributed by atoms with Crippen LogP contribution in [0.15, 0.2) is 48.5 Å². The van der Waals surface area contributed by atoms with Crippen molar-refractivity contribution in [3.63, 3.8) is 0 Å². The Morgan fingerprint density at radius 2 is 1.95 bits per heavy atom. The van der Waals surface area contributed by atoms with Crippen LogP contribution < -0.4 is 10.6 Å². The maximum Gasteiger partial charge on any atom is 0.258 e. The summed E-state index contributed by atoms with van der Waals surface area (Å²) in [5, 5.41) is 8.94. The molecule has 0 spiro atoms. The highest BCUT2D eigenvalue weighted by Crippen LogP contribution is 2.20. The molecule has 0 fully saturated rings. The summed E-state index contributed by atoms with van der Waals surface area (Å²) in [4.78, 5) is 14.4. The highest BCUT2D eigenvalue weighted by molar-refractivity contribution is 6.06. The number of anilines is 2. The Kier molecular flexibility index (Phi) is 4.57. The molecule has 0 unspecified atom stereocenters. The zero-order chi connectivity index (χ0) is 15.2. The van der Waals surface area contributed by atoms with Gasteiger partial charge in [0.05, 0.1) is 11.6 Å². The average molecular weight is 279 g/mol. The summed E-state index contributed by atoms with van der Waals surface area (Å²) in [5.74, 6) is -0.112. The fraction of sp³-hybridized carbons (Fsp3) is 0.176. The first-order valence-corrected chi connectivity index (χ1v) is 6.83. The lowest BCUT2D eigenvalue weighted by molar-refractivity contribution is 0.0987. The third kappa shape index (κ3) is 3.40. The van der Waals surface area contributed by atoms with Gasteiger partial charge in [-0.1, -0.05) is 13.0 Å². The summed E-state index contributed by atoms with van der Waals surface area (Å²) >= 11 is 0. The summed E-state index contributed by atoms with van der Waals surface area (Å²) in [6.45, 7) is 2.63. The second-order valence-electron chi connectivity index (χ2n) is 4.74. The first kappa shape index (κ1) is 14.6. The fourth-order valence-electron chi connectivity index (χ4n) is 2.10. The summed E-state index contributed by atoms with van der Waals surface area (Å²) in [6, 6.07) is 16.0. The normalized spacial score (nSPS) is 9.90. The summed E-state index contributed by atoms with van der Waals surface area (Å²) < 4.78 is 0. The fourth-order valence-corrected chi connectivity index (χ4v) is 2.10. The van der Waals surface area contributed by atoms with Crippen LogP contribution in [0.5, 0.6) is 0 Å². The van der Waals surface area contributed by atoms with E-state index >= 15 is 0 Å². The van der Waals surface area contributed by atoms with Crippen LogP contribution in [0.2, 0.25) is 0 Å². The monoisotopic (exact) mass is 279 g/mol. The smallest absolute Gasteiger partial charge is 0.258 e. The van der Waals surface area contributed by atoms with Crippen LogP contribution in [0.3, 0.4) is 0 Å². The van der Waals surface area contributed by atoms with Gasteiger partial charge in [0, 0.05) is 23.5 Å². The predicted molar refractivity (Wildman–Crippen MR) is 84.0 cm³/mol. The Morgan fingerprint density at radius 3 is 2.57 bits per heavy atom. The van der Waals surface area contributed by atoms with Gasteiger partial charge in [-0.25, -0.2) is 0 Å². The van der Waals surface area contributed by atoms with E-state index in [-0.39, 0.29) is 5.91 Å². The van der Waals surface area contributed by atoms with Crippen LogP contribution in [0.25, 0.3) is 0 Å². The van der Waals surface area contributed by atoms with Crippen molar-refractivity contribution in [3.05, 3.63) is 59.7 Å². The molecular weight excluding hydrogens is 262 g/mol. The molecule has 2 aromatic carbocycles. The van der Waals surface area contributed by atoms with Crippen LogP contribution >= 0.6 is 0 Å². The van der Waals surface area contributed by atoms with Crippen LogP contribution in [0.4, 0.5) is 11.4 Å². The quantitative estimate of drug-likeness (QED) is 0.874. The van der Waals surface area contributed by atoms with Gasteiger partial charge in [-0.3, -0.25) is 4.79 Å². The molecule has 2 rings (SSSR count). The van der Waals surface area contributed by atoms with E-state index in [1.165, 1.54) is 0 Å². The summed E-state index contributed by atoms with van der Waals surface area (Å²) in [7, 11) is 0. The van der Waals surface area contributed by atoms with Gasteiger partial charge in [-0.05, 0) is 48.9 Å². The largest absolute Gasteiger partial charge is 0.399 e. The topological polar surface area (TPSA) is 70.1 Å². The Balaban J connectivity index is 2.35. The SMILES string of the molecule is CCCN(C(=O)c1cccc(C#N)c1)c1ccc(N)cc1. The van der Waals surface area contributed by atoms with E-state index < -0.39 is 0 Å². The standard InChI is InChI=1S/C17H17N3O/c1-2-10-20(16-8-6-15(19)7-9-16)17(21)14-5-3-4-13(11-14)12-18/h3-9,11H,2,10,19H2,1H3. The van der Waals surface area contributed by atoms with Crippen molar-refractivity contribution < 1.29 is 4.79 Å². The van der Waals surface area contributed by atoms with Crippen molar-refractivity contribution in [2.75, 3.05) is 17.2 Å². The van der Waals surface area contributed by atoms with Gasteiger partial charge in [0.25, 0.3) is 5.91 Å². The Bertz CT molecular complexity index is 671. The number of nitrogens with zero attached hydrogens (tertiary/aromatic N) is 2. The Labute approximate surface area is 124 Å². The number of nitrogens with two attached hydrogens (primary N) is 1. The average Bonchev–Trinajstić information content (AvgIpc) is 2.53. The predicted octanol–water partition coefficient (Wildman–Crippen LogP) is 3.20. The third-order valence-electron chi connectivity index (χ3n) is 3.14. The number of carbonyl (C=O) groups excluding carboxylic acids is 1. The first-order chi connectivity index (χ1) is 10.2. The first-order valence-electron chi connectivity index (χ1n) is 6.83. The number of nitrogen functional groups attached to an aromatic ring is 1. The molecule has 0 atom stereocenters. The zero-order valence-corrected chi connectivity index (χ0v) is 11.9. The van der Waals surface area contributed by atoms with E-state index in [1.54, 1.807) is 41.3 Å². The molecule has 4 heteroatoms. The molecule has 0 aliphatic carbocycles. The number of carbonyl (C=O) groups is 1. The van der Waals surface area contributed by atoms with Crippen molar-refractivity contribution in [2.24, 2.45) is 0 Å². The summed E-state index contributed by atoms with van der Waals surface area (Å²) in [6.07, 6.45) is 0.841. The molecule has 0 radical (unpaired) electrons. The van der Waals surface area contributed by atoms with Crippen molar-refractivity contribution >= 4 is 17.3 Å². The van der Waals surface area contributed by atoms with Crippen LogP contribution in [-0.4, -0.2) is 12.5 Å². The molecule has 2 aromatic rings. The maximum atomic E-state index is 12.7. The van der Waals surface area contributed by atoms with Gasteiger partial charge in [-0.2, -0.15) is 5.26 Å². The molecule has 0 bridgehead atoms. The van der Waals surface area contributed by atoms with Crippen molar-refractivity contribution in [1.82, 2.24) is 0 Å². The number of hydrogen-bond acceptors (Lipinski definition) is 3. The molecule has 0 saturated carbocycles. The number of benzene rings is 2.